The zero-order valence-electron chi connectivity index (χ0n) is 11.7. The van der Waals surface area contributed by atoms with Gasteiger partial charge >= 0.3 is 0 Å². The van der Waals surface area contributed by atoms with Crippen molar-refractivity contribution in [2.24, 2.45) is 0 Å². The van der Waals surface area contributed by atoms with Crippen LogP contribution < -0.4 is 10.6 Å². The summed E-state index contributed by atoms with van der Waals surface area (Å²) < 4.78 is 26.8. The van der Waals surface area contributed by atoms with Crippen molar-refractivity contribution in [3.05, 3.63) is 40.6 Å². The van der Waals surface area contributed by atoms with Crippen LogP contribution in [0.5, 0.6) is 0 Å². The van der Waals surface area contributed by atoms with E-state index in [-0.39, 0.29) is 10.7 Å². The molecule has 0 fully saturated rings. The molecule has 21 heavy (non-hydrogen) atoms. The number of benzene rings is 1. The summed E-state index contributed by atoms with van der Waals surface area (Å²) >= 11 is 5.85. The van der Waals surface area contributed by atoms with E-state index in [2.05, 4.69) is 20.6 Å². The van der Waals surface area contributed by atoms with Crippen molar-refractivity contribution in [3.63, 3.8) is 0 Å². The Balaban J connectivity index is 2.29. The third-order valence-corrected chi connectivity index (χ3v) is 2.95. The normalized spacial score (nSPS) is 10.5. The number of aromatic nitrogens is 2. The fraction of sp³-hybridized carbons (Fsp3) is 0.286. The molecule has 0 spiro atoms. The molecule has 2 N–H and O–H groups in total. The summed E-state index contributed by atoms with van der Waals surface area (Å²) in [6, 6.07) is 3.45. The third kappa shape index (κ3) is 4.01. The summed E-state index contributed by atoms with van der Waals surface area (Å²) in [5.41, 5.74) is 0.697. The lowest BCUT2D eigenvalue weighted by Gasteiger charge is -2.11. The first-order chi connectivity index (χ1) is 9.99. The fourth-order valence-corrected chi connectivity index (χ4v) is 1.98. The fourth-order valence-electron chi connectivity index (χ4n) is 1.74. The van der Waals surface area contributed by atoms with Crippen LogP contribution in [0.25, 0.3) is 0 Å². The van der Waals surface area contributed by atoms with Gasteiger partial charge in [0.25, 0.3) is 0 Å². The van der Waals surface area contributed by atoms with E-state index < -0.39 is 11.6 Å². The number of nitrogens with one attached hydrogen (secondary N) is 2. The van der Waals surface area contributed by atoms with E-state index in [1.807, 2.05) is 6.92 Å². The first kappa shape index (κ1) is 15.4. The van der Waals surface area contributed by atoms with Gasteiger partial charge in [-0.25, -0.2) is 13.8 Å². The van der Waals surface area contributed by atoms with E-state index in [1.54, 1.807) is 13.0 Å². The van der Waals surface area contributed by atoms with Gasteiger partial charge in [-0.2, -0.15) is 4.98 Å². The second-order valence-electron chi connectivity index (χ2n) is 4.51. The number of halogens is 3. The molecule has 1 heterocycles. The molecule has 0 unspecified atom stereocenters. The van der Waals surface area contributed by atoms with Crippen LogP contribution in [-0.2, 0) is 0 Å². The molecule has 2 aromatic rings. The zero-order valence-corrected chi connectivity index (χ0v) is 12.4. The molecule has 0 saturated heterocycles. The average Bonchev–Trinajstić information content (AvgIpc) is 2.40. The summed E-state index contributed by atoms with van der Waals surface area (Å²) in [6.07, 6.45) is 0.929. The molecular weight excluding hydrogens is 298 g/mol. The van der Waals surface area contributed by atoms with Crippen molar-refractivity contribution in [1.82, 2.24) is 9.97 Å². The quantitative estimate of drug-likeness (QED) is 0.865. The average molecular weight is 313 g/mol. The molecule has 7 heteroatoms. The minimum absolute atomic E-state index is 0.0161. The number of nitrogens with zero attached hydrogens (tertiary/aromatic N) is 2. The highest BCUT2D eigenvalue weighted by Gasteiger charge is 2.11. The predicted molar refractivity (Wildman–Crippen MR) is 80.2 cm³/mol. The van der Waals surface area contributed by atoms with Crippen LogP contribution in [0.2, 0.25) is 5.02 Å². The van der Waals surface area contributed by atoms with E-state index in [0.717, 1.165) is 25.1 Å². The second kappa shape index (κ2) is 6.67. The van der Waals surface area contributed by atoms with Crippen molar-refractivity contribution in [2.45, 2.75) is 20.3 Å². The number of anilines is 3. The van der Waals surface area contributed by atoms with Gasteiger partial charge in [-0.15, -0.1) is 0 Å². The summed E-state index contributed by atoms with van der Waals surface area (Å²) in [5, 5.41) is 5.76. The van der Waals surface area contributed by atoms with Crippen LogP contribution in [-0.4, -0.2) is 16.5 Å². The molecule has 1 aromatic carbocycles. The highest BCUT2D eigenvalue weighted by molar-refractivity contribution is 6.33. The van der Waals surface area contributed by atoms with Gasteiger partial charge in [0.05, 0.1) is 10.7 Å². The summed E-state index contributed by atoms with van der Waals surface area (Å²) in [6.45, 7) is 4.55. The topological polar surface area (TPSA) is 49.8 Å². The van der Waals surface area contributed by atoms with Crippen LogP contribution in [0, 0.1) is 18.6 Å². The lowest BCUT2D eigenvalue weighted by molar-refractivity contribution is 0.586. The molecule has 0 aliphatic carbocycles. The summed E-state index contributed by atoms with van der Waals surface area (Å²) in [7, 11) is 0. The molecule has 0 atom stereocenters. The first-order valence-corrected chi connectivity index (χ1v) is 6.88. The second-order valence-corrected chi connectivity index (χ2v) is 4.92. The Labute approximate surface area is 126 Å². The van der Waals surface area contributed by atoms with Crippen LogP contribution >= 0.6 is 11.6 Å². The van der Waals surface area contributed by atoms with Crippen molar-refractivity contribution >= 4 is 29.1 Å². The lowest BCUT2D eigenvalue weighted by Crippen LogP contribution is -2.07. The molecule has 0 saturated carbocycles. The van der Waals surface area contributed by atoms with Crippen molar-refractivity contribution in [2.75, 3.05) is 17.2 Å². The van der Waals surface area contributed by atoms with Crippen molar-refractivity contribution < 1.29 is 8.78 Å². The number of hydrogen-bond acceptors (Lipinski definition) is 4. The zero-order chi connectivity index (χ0) is 15.4. The SMILES string of the molecule is CCCNc1nc(C)cc(Nc2c(F)cc(F)cc2Cl)n1. The lowest BCUT2D eigenvalue weighted by atomic mass is 10.3. The van der Waals surface area contributed by atoms with Crippen LogP contribution in [0.4, 0.5) is 26.2 Å². The van der Waals surface area contributed by atoms with Crippen molar-refractivity contribution in [1.29, 1.82) is 0 Å². The molecule has 0 amide bonds. The Hall–Kier alpha value is -1.95. The Bertz CT molecular complexity index is 626. The minimum atomic E-state index is -0.778. The summed E-state index contributed by atoms with van der Waals surface area (Å²) in [5.74, 6) is -0.682. The van der Waals surface area contributed by atoms with E-state index >= 15 is 0 Å². The van der Waals surface area contributed by atoms with E-state index in [9.17, 15) is 8.78 Å². The third-order valence-electron chi connectivity index (χ3n) is 2.65. The Morgan fingerprint density at radius 2 is 1.95 bits per heavy atom. The van der Waals surface area contributed by atoms with Gasteiger partial charge in [-0.3, -0.25) is 0 Å². The number of rotatable bonds is 5. The van der Waals surface area contributed by atoms with E-state index in [1.165, 1.54) is 0 Å². The monoisotopic (exact) mass is 312 g/mol. The Kier molecular flexibility index (Phi) is 4.90. The van der Waals surface area contributed by atoms with E-state index in [4.69, 9.17) is 11.6 Å². The van der Waals surface area contributed by atoms with Crippen LogP contribution in [0.1, 0.15) is 19.0 Å². The molecule has 0 bridgehead atoms. The molecule has 1 aromatic heterocycles. The van der Waals surface area contributed by atoms with Gasteiger partial charge in [-0.1, -0.05) is 18.5 Å². The number of aryl methyl sites for hydroxylation is 1. The highest BCUT2D eigenvalue weighted by atomic mass is 35.5. The maximum atomic E-state index is 13.8. The first-order valence-electron chi connectivity index (χ1n) is 6.50. The van der Waals surface area contributed by atoms with Gasteiger partial charge in [0.1, 0.15) is 11.6 Å². The van der Waals surface area contributed by atoms with Crippen LogP contribution in [0.15, 0.2) is 18.2 Å². The molecule has 2 rings (SSSR count). The number of hydrogen-bond donors (Lipinski definition) is 2. The molecule has 4 nitrogen and oxygen atoms in total. The molecule has 0 aliphatic heterocycles. The highest BCUT2D eigenvalue weighted by Crippen LogP contribution is 2.29. The standard InChI is InChI=1S/C14H15ClF2N4/c1-3-4-18-14-19-8(2)5-12(21-14)20-13-10(15)6-9(16)7-11(13)17/h5-7H,3-4H2,1-2H3,(H2,18,19,20,21). The Morgan fingerprint density at radius 3 is 2.62 bits per heavy atom. The van der Waals surface area contributed by atoms with Gasteiger partial charge in [-0.05, 0) is 19.4 Å². The van der Waals surface area contributed by atoms with Gasteiger partial charge in [0.2, 0.25) is 5.95 Å². The summed E-state index contributed by atoms with van der Waals surface area (Å²) in [4.78, 5) is 8.44. The maximum Gasteiger partial charge on any atom is 0.224 e. The molecule has 0 radical (unpaired) electrons. The van der Waals surface area contributed by atoms with Crippen LogP contribution in [0.3, 0.4) is 0 Å². The molecule has 0 aliphatic rings. The maximum absolute atomic E-state index is 13.8. The van der Waals surface area contributed by atoms with Gasteiger partial charge in [0, 0.05) is 24.4 Å². The smallest absolute Gasteiger partial charge is 0.224 e. The van der Waals surface area contributed by atoms with E-state index in [0.29, 0.717) is 17.5 Å². The van der Waals surface area contributed by atoms with Gasteiger partial charge < -0.3 is 10.6 Å². The van der Waals surface area contributed by atoms with Gasteiger partial charge in [0.15, 0.2) is 5.82 Å². The molecular formula is C14H15ClF2N4. The molecule has 112 valence electrons. The predicted octanol–water partition coefficient (Wildman–Crippen LogP) is 4.28. The largest absolute Gasteiger partial charge is 0.354 e. The Morgan fingerprint density at radius 1 is 1.19 bits per heavy atom. The van der Waals surface area contributed by atoms with Crippen molar-refractivity contribution in [3.8, 4) is 0 Å². The minimum Gasteiger partial charge on any atom is -0.354 e.